The molecule has 0 radical (unpaired) electrons. The summed E-state index contributed by atoms with van der Waals surface area (Å²) in [6.07, 6.45) is -4.30. The maximum atomic E-state index is 12.2. The molecule has 122 valence electrons. The Morgan fingerprint density at radius 1 is 1.23 bits per heavy atom. The van der Waals surface area contributed by atoms with Crippen LogP contribution in [0.3, 0.4) is 0 Å². The molecule has 1 saturated heterocycles. The second kappa shape index (κ2) is 6.93. The van der Waals surface area contributed by atoms with Gasteiger partial charge in [-0.05, 0) is 31.0 Å². The fourth-order valence-electron chi connectivity index (χ4n) is 2.04. The number of piperidine rings is 1. The van der Waals surface area contributed by atoms with Crippen LogP contribution in [0.5, 0.6) is 5.75 Å². The van der Waals surface area contributed by atoms with Crippen molar-refractivity contribution in [2.24, 2.45) is 0 Å². The lowest BCUT2D eigenvalue weighted by molar-refractivity contribution is -0.244. The van der Waals surface area contributed by atoms with E-state index in [1.165, 1.54) is 6.07 Å². The van der Waals surface area contributed by atoms with Crippen LogP contribution in [0.2, 0.25) is 10.0 Å². The van der Waals surface area contributed by atoms with Crippen LogP contribution in [0.25, 0.3) is 0 Å². The number of carbonyl (C=O) groups excluding carboxylic acids is 1. The summed E-state index contributed by atoms with van der Waals surface area (Å²) in [6.45, 7) is 0.254. The second-order valence-corrected chi connectivity index (χ2v) is 5.62. The van der Waals surface area contributed by atoms with Gasteiger partial charge in [0.15, 0.2) is 0 Å². The van der Waals surface area contributed by atoms with Gasteiger partial charge >= 0.3 is 12.1 Å². The summed E-state index contributed by atoms with van der Waals surface area (Å²) in [5, 5.41) is 1.73. The van der Waals surface area contributed by atoms with Crippen molar-refractivity contribution in [1.82, 2.24) is 5.06 Å². The van der Waals surface area contributed by atoms with Gasteiger partial charge in [0.1, 0.15) is 11.9 Å². The minimum absolute atomic E-state index is 0.0337. The summed E-state index contributed by atoms with van der Waals surface area (Å²) in [5.41, 5.74) is 0. The normalized spacial score (nSPS) is 19.8. The third-order valence-corrected chi connectivity index (χ3v) is 3.36. The number of hydroxylamine groups is 2. The molecule has 0 N–H and O–H groups in total. The first-order valence-corrected chi connectivity index (χ1v) is 7.16. The molecule has 0 unspecified atom stereocenters. The van der Waals surface area contributed by atoms with Gasteiger partial charge in [0, 0.05) is 16.6 Å². The lowest BCUT2D eigenvalue weighted by atomic mass is 10.1. The number of hydrogen-bond donors (Lipinski definition) is 0. The van der Waals surface area contributed by atoms with E-state index in [1.54, 1.807) is 12.1 Å². The van der Waals surface area contributed by atoms with Crippen LogP contribution < -0.4 is 4.74 Å². The Kier molecular flexibility index (Phi) is 5.41. The number of alkyl halides is 3. The van der Waals surface area contributed by atoms with Crippen LogP contribution in [-0.2, 0) is 9.63 Å². The molecule has 0 saturated carbocycles. The summed E-state index contributed by atoms with van der Waals surface area (Å²) < 4.78 is 42.2. The minimum atomic E-state index is -5.02. The summed E-state index contributed by atoms with van der Waals surface area (Å²) in [6, 6.07) is 4.64. The molecule has 0 aliphatic carbocycles. The Balaban J connectivity index is 1.94. The highest BCUT2D eigenvalue weighted by Crippen LogP contribution is 2.27. The van der Waals surface area contributed by atoms with Crippen LogP contribution in [0.4, 0.5) is 13.2 Å². The molecular formula is C13H12Cl2F3NO3. The zero-order valence-corrected chi connectivity index (χ0v) is 12.7. The fourth-order valence-corrected chi connectivity index (χ4v) is 2.55. The molecule has 1 fully saturated rings. The standard InChI is InChI=1S/C13H12Cl2F3NO3/c14-8-4-9(15)6-11(5-8)21-10-2-1-3-19(7-10)22-12(20)13(16,17)18/h4-6,10H,1-3,7H2/t10-/m1/s1. The van der Waals surface area contributed by atoms with Crippen molar-refractivity contribution in [3.63, 3.8) is 0 Å². The SMILES string of the molecule is O=C(ON1CCC[C@@H](Oc2cc(Cl)cc(Cl)c2)C1)C(F)(F)F. The smallest absolute Gasteiger partial charge is 0.489 e. The van der Waals surface area contributed by atoms with Crippen molar-refractivity contribution in [1.29, 1.82) is 0 Å². The van der Waals surface area contributed by atoms with E-state index in [-0.39, 0.29) is 13.1 Å². The highest BCUT2D eigenvalue weighted by atomic mass is 35.5. The number of rotatable bonds is 3. The van der Waals surface area contributed by atoms with E-state index < -0.39 is 18.2 Å². The zero-order valence-electron chi connectivity index (χ0n) is 11.2. The Bertz CT molecular complexity index is 534. The average Bonchev–Trinajstić information content (AvgIpc) is 2.36. The van der Waals surface area contributed by atoms with E-state index in [9.17, 15) is 18.0 Å². The lowest BCUT2D eigenvalue weighted by Gasteiger charge is -2.31. The van der Waals surface area contributed by atoms with Crippen LogP contribution in [0, 0.1) is 0 Å². The van der Waals surface area contributed by atoms with Crippen molar-refractivity contribution in [2.75, 3.05) is 13.1 Å². The number of nitrogens with zero attached hydrogens (tertiary/aromatic N) is 1. The van der Waals surface area contributed by atoms with Gasteiger partial charge in [0.05, 0.1) is 6.54 Å². The first-order chi connectivity index (χ1) is 10.2. The first-order valence-electron chi connectivity index (χ1n) is 6.41. The third kappa shape index (κ3) is 4.93. The van der Waals surface area contributed by atoms with E-state index in [4.69, 9.17) is 27.9 Å². The number of halogens is 5. The molecule has 1 aromatic carbocycles. The van der Waals surface area contributed by atoms with Gasteiger partial charge in [-0.25, -0.2) is 4.79 Å². The number of benzene rings is 1. The molecule has 22 heavy (non-hydrogen) atoms. The largest absolute Gasteiger partial charge is 0.492 e. The average molecular weight is 358 g/mol. The van der Waals surface area contributed by atoms with Crippen molar-refractivity contribution in [3.8, 4) is 5.75 Å². The topological polar surface area (TPSA) is 38.8 Å². The Morgan fingerprint density at radius 2 is 1.86 bits per heavy atom. The highest BCUT2D eigenvalue weighted by Gasteiger charge is 2.43. The van der Waals surface area contributed by atoms with Gasteiger partial charge in [-0.1, -0.05) is 23.2 Å². The van der Waals surface area contributed by atoms with Crippen LogP contribution in [-0.4, -0.2) is 36.4 Å². The van der Waals surface area contributed by atoms with Gasteiger partial charge in [0.25, 0.3) is 0 Å². The summed E-state index contributed by atoms with van der Waals surface area (Å²) in [7, 11) is 0. The molecule has 2 rings (SSSR count). The van der Waals surface area contributed by atoms with E-state index in [2.05, 4.69) is 4.84 Å². The lowest BCUT2D eigenvalue weighted by Crippen LogP contribution is -2.44. The Labute approximate surface area is 134 Å². The summed E-state index contributed by atoms with van der Waals surface area (Å²) in [5.74, 6) is -1.83. The Hall–Kier alpha value is -1.18. The number of hydrogen-bond acceptors (Lipinski definition) is 4. The van der Waals surface area contributed by atoms with Crippen molar-refractivity contribution >= 4 is 29.2 Å². The summed E-state index contributed by atoms with van der Waals surface area (Å²) in [4.78, 5) is 15.1. The molecule has 1 atom stereocenters. The predicted molar refractivity (Wildman–Crippen MR) is 73.8 cm³/mol. The molecular weight excluding hydrogens is 346 g/mol. The molecule has 1 aliphatic rings. The number of carbonyl (C=O) groups is 1. The Morgan fingerprint density at radius 3 is 2.45 bits per heavy atom. The maximum absolute atomic E-state index is 12.2. The second-order valence-electron chi connectivity index (χ2n) is 4.75. The van der Waals surface area contributed by atoms with Crippen molar-refractivity contribution in [3.05, 3.63) is 28.2 Å². The van der Waals surface area contributed by atoms with Gasteiger partial charge in [-0.2, -0.15) is 13.2 Å². The minimum Gasteiger partial charge on any atom is -0.489 e. The monoisotopic (exact) mass is 357 g/mol. The van der Waals surface area contributed by atoms with Gasteiger partial charge in [-0.3, -0.25) is 0 Å². The van der Waals surface area contributed by atoms with Crippen molar-refractivity contribution < 1.29 is 27.5 Å². The van der Waals surface area contributed by atoms with Crippen LogP contribution in [0.1, 0.15) is 12.8 Å². The predicted octanol–water partition coefficient (Wildman–Crippen LogP) is 3.86. The van der Waals surface area contributed by atoms with E-state index >= 15 is 0 Å². The molecule has 0 bridgehead atoms. The van der Waals surface area contributed by atoms with Gasteiger partial charge < -0.3 is 9.57 Å². The van der Waals surface area contributed by atoms with E-state index in [0.717, 1.165) is 5.06 Å². The molecule has 0 aromatic heterocycles. The first kappa shape index (κ1) is 17.2. The number of ether oxygens (including phenoxy) is 1. The summed E-state index contributed by atoms with van der Waals surface area (Å²) >= 11 is 11.7. The third-order valence-electron chi connectivity index (χ3n) is 2.92. The zero-order chi connectivity index (χ0) is 16.3. The van der Waals surface area contributed by atoms with Crippen molar-refractivity contribution in [2.45, 2.75) is 25.1 Å². The molecule has 0 spiro atoms. The fraction of sp³-hybridized carbons (Fsp3) is 0.462. The highest BCUT2D eigenvalue weighted by molar-refractivity contribution is 6.34. The van der Waals surface area contributed by atoms with E-state index in [0.29, 0.717) is 28.6 Å². The molecule has 1 heterocycles. The van der Waals surface area contributed by atoms with Crippen LogP contribution in [0.15, 0.2) is 18.2 Å². The molecule has 4 nitrogen and oxygen atoms in total. The maximum Gasteiger partial charge on any atom is 0.492 e. The van der Waals surface area contributed by atoms with Gasteiger partial charge in [0.2, 0.25) is 0 Å². The van der Waals surface area contributed by atoms with Crippen LogP contribution >= 0.6 is 23.2 Å². The molecule has 1 aliphatic heterocycles. The van der Waals surface area contributed by atoms with Gasteiger partial charge in [-0.15, -0.1) is 5.06 Å². The van der Waals surface area contributed by atoms with E-state index in [1.807, 2.05) is 0 Å². The quantitative estimate of drug-likeness (QED) is 0.823. The molecule has 1 aromatic rings. The molecule has 9 heteroatoms. The molecule has 0 amide bonds.